The van der Waals surface area contributed by atoms with E-state index in [-0.39, 0.29) is 24.7 Å². The number of anilines is 2. The highest BCUT2D eigenvalue weighted by Gasteiger charge is 2.26. The van der Waals surface area contributed by atoms with Crippen LogP contribution in [0, 0.1) is 5.82 Å². The van der Waals surface area contributed by atoms with E-state index in [1.165, 1.54) is 6.07 Å². The molecule has 2 aromatic heterocycles. The molecule has 3 aromatic rings. The summed E-state index contributed by atoms with van der Waals surface area (Å²) in [5.74, 6) is -0.296. The van der Waals surface area contributed by atoms with Gasteiger partial charge in [0.05, 0.1) is 12.6 Å². The first kappa shape index (κ1) is 19.6. The van der Waals surface area contributed by atoms with Gasteiger partial charge in [-0.1, -0.05) is 22.0 Å². The third-order valence-corrected chi connectivity index (χ3v) is 5.48. The molecule has 1 aliphatic carbocycles. The molecular formula is C20H17BrFN7O2. The van der Waals surface area contributed by atoms with E-state index in [0.717, 1.165) is 12.8 Å². The number of imide groups is 1. The molecule has 11 heteroatoms. The Balaban J connectivity index is 1.49. The van der Waals surface area contributed by atoms with Gasteiger partial charge in [-0.3, -0.25) is 14.9 Å². The van der Waals surface area contributed by atoms with Gasteiger partial charge < -0.3 is 10.6 Å². The van der Waals surface area contributed by atoms with Crippen LogP contribution in [0.2, 0.25) is 0 Å². The number of benzene rings is 1. The van der Waals surface area contributed by atoms with Crippen LogP contribution >= 0.6 is 15.9 Å². The number of halogens is 2. The van der Waals surface area contributed by atoms with Gasteiger partial charge in [-0.2, -0.15) is 19.6 Å². The number of nitrogens with one attached hydrogen (secondary N) is 3. The molecule has 3 heterocycles. The van der Waals surface area contributed by atoms with Crippen molar-refractivity contribution in [2.75, 3.05) is 10.6 Å². The molecule has 0 unspecified atom stereocenters. The minimum atomic E-state index is -0.418. The number of fused-ring (bicyclic) bond motifs is 1. The van der Waals surface area contributed by atoms with Crippen LogP contribution < -0.4 is 16.0 Å². The highest BCUT2D eigenvalue weighted by Crippen LogP contribution is 2.26. The van der Waals surface area contributed by atoms with Crippen LogP contribution in [0.1, 0.15) is 30.4 Å². The predicted octanol–water partition coefficient (Wildman–Crippen LogP) is 2.64. The lowest BCUT2D eigenvalue weighted by molar-refractivity contribution is -0.124. The number of hydrogen-bond donors (Lipinski definition) is 3. The summed E-state index contributed by atoms with van der Waals surface area (Å²) >= 11 is 3.25. The molecule has 0 atom stereocenters. The van der Waals surface area contributed by atoms with E-state index in [4.69, 9.17) is 0 Å². The summed E-state index contributed by atoms with van der Waals surface area (Å²) in [5.41, 5.74) is 1.87. The number of amides is 2. The Morgan fingerprint density at radius 3 is 2.84 bits per heavy atom. The van der Waals surface area contributed by atoms with Gasteiger partial charge in [-0.05, 0) is 31.1 Å². The van der Waals surface area contributed by atoms with E-state index < -0.39 is 5.91 Å². The van der Waals surface area contributed by atoms with Gasteiger partial charge in [0.25, 0.3) is 5.91 Å². The second kappa shape index (κ2) is 7.73. The molecule has 0 spiro atoms. The highest BCUT2D eigenvalue weighted by atomic mass is 79.9. The van der Waals surface area contributed by atoms with Crippen molar-refractivity contribution in [1.29, 1.82) is 0 Å². The average Bonchev–Trinajstić information content (AvgIpc) is 3.36. The molecule has 2 fully saturated rings. The van der Waals surface area contributed by atoms with Crippen LogP contribution in [0.15, 0.2) is 34.4 Å². The molecule has 1 saturated carbocycles. The summed E-state index contributed by atoms with van der Waals surface area (Å²) in [5, 5.41) is 13.0. The molecule has 5 rings (SSSR count). The first-order valence-electron chi connectivity index (χ1n) is 9.71. The van der Waals surface area contributed by atoms with Crippen molar-refractivity contribution in [2.45, 2.75) is 31.8 Å². The fourth-order valence-electron chi connectivity index (χ4n) is 3.23. The lowest BCUT2D eigenvalue weighted by Gasteiger charge is -2.11. The smallest absolute Gasteiger partial charge is 0.254 e. The predicted molar refractivity (Wildman–Crippen MR) is 115 cm³/mol. The van der Waals surface area contributed by atoms with E-state index in [1.54, 1.807) is 28.9 Å². The molecular weight excluding hydrogens is 469 g/mol. The molecule has 0 radical (unpaired) electrons. The fraction of sp³-hybridized carbons (Fsp3) is 0.250. The number of carbonyl (C=O) groups excluding carboxylic acids is 2. The lowest BCUT2D eigenvalue weighted by Crippen LogP contribution is -2.19. The minimum Gasteiger partial charge on any atom is -0.351 e. The highest BCUT2D eigenvalue weighted by molar-refractivity contribution is 9.10. The molecule has 1 aromatic carbocycles. The first-order valence-corrected chi connectivity index (χ1v) is 10.5. The molecule has 1 aliphatic heterocycles. The van der Waals surface area contributed by atoms with Crippen molar-refractivity contribution in [2.24, 2.45) is 0 Å². The number of rotatable bonds is 6. The molecule has 158 valence electrons. The molecule has 2 aliphatic rings. The normalized spacial score (nSPS) is 17.4. The molecule has 2 amide bonds. The van der Waals surface area contributed by atoms with Gasteiger partial charge in [0.2, 0.25) is 17.8 Å². The lowest BCUT2D eigenvalue weighted by atomic mass is 10.1. The number of aromatic nitrogens is 4. The number of nitrogens with zero attached hydrogens (tertiary/aromatic N) is 4. The van der Waals surface area contributed by atoms with Crippen molar-refractivity contribution in [3.05, 3.63) is 51.4 Å². The van der Waals surface area contributed by atoms with Gasteiger partial charge in [-0.15, -0.1) is 0 Å². The van der Waals surface area contributed by atoms with Gasteiger partial charge >= 0.3 is 0 Å². The Morgan fingerprint density at radius 2 is 2.13 bits per heavy atom. The van der Waals surface area contributed by atoms with Crippen molar-refractivity contribution in [1.82, 2.24) is 24.9 Å². The summed E-state index contributed by atoms with van der Waals surface area (Å²) in [6.07, 6.45) is 5.28. The van der Waals surface area contributed by atoms with Crippen LogP contribution in [0.3, 0.4) is 0 Å². The molecule has 31 heavy (non-hydrogen) atoms. The summed E-state index contributed by atoms with van der Waals surface area (Å²) in [7, 11) is 0. The maximum absolute atomic E-state index is 14.2. The van der Waals surface area contributed by atoms with Gasteiger partial charge in [-0.25, -0.2) is 4.39 Å². The summed E-state index contributed by atoms with van der Waals surface area (Å²) in [4.78, 5) is 32.4. The van der Waals surface area contributed by atoms with Gasteiger partial charge in [0.1, 0.15) is 5.82 Å². The maximum atomic E-state index is 14.2. The third kappa shape index (κ3) is 4.13. The zero-order valence-corrected chi connectivity index (χ0v) is 17.7. The topological polar surface area (TPSA) is 113 Å². The number of hydrogen-bond acceptors (Lipinski definition) is 7. The molecule has 1 saturated heterocycles. The SMILES string of the molecule is O=C1C/C(=C\c2cnn3c(NC4CC4)nc(NCc4ccc(Br)cc4F)nc23)C(=O)N1. The van der Waals surface area contributed by atoms with Crippen molar-refractivity contribution in [3.8, 4) is 0 Å². The van der Waals surface area contributed by atoms with Crippen molar-refractivity contribution >= 4 is 51.4 Å². The van der Waals surface area contributed by atoms with Crippen molar-refractivity contribution < 1.29 is 14.0 Å². The van der Waals surface area contributed by atoms with E-state index in [9.17, 15) is 14.0 Å². The largest absolute Gasteiger partial charge is 0.351 e. The monoisotopic (exact) mass is 485 g/mol. The van der Waals surface area contributed by atoms with Crippen LogP contribution in [0.5, 0.6) is 0 Å². The zero-order valence-electron chi connectivity index (χ0n) is 16.2. The Hall–Kier alpha value is -3.34. The quantitative estimate of drug-likeness (QED) is 0.363. The first-order chi connectivity index (χ1) is 15.0. The second-order valence-corrected chi connectivity index (χ2v) is 8.35. The summed E-state index contributed by atoms with van der Waals surface area (Å²) in [6, 6.07) is 5.16. The van der Waals surface area contributed by atoms with Crippen LogP contribution in [0.25, 0.3) is 11.7 Å². The molecule has 0 bridgehead atoms. The summed E-state index contributed by atoms with van der Waals surface area (Å²) < 4.78 is 16.4. The van der Waals surface area contributed by atoms with Gasteiger partial charge in [0, 0.05) is 33.8 Å². The average molecular weight is 486 g/mol. The Labute approximate surface area is 184 Å². The van der Waals surface area contributed by atoms with E-state index in [1.807, 2.05) is 0 Å². The van der Waals surface area contributed by atoms with Crippen LogP contribution in [-0.4, -0.2) is 37.4 Å². The van der Waals surface area contributed by atoms with E-state index in [2.05, 4.69) is 46.9 Å². The standard InChI is InChI=1S/C20H17BrFN7O2/c21-13-2-1-10(15(22)7-13)8-23-19-27-17-12(5-11-6-16(30)26-18(11)31)9-24-29(17)20(28-19)25-14-3-4-14/h1-2,5,7,9,14H,3-4,6,8H2,(H,26,30,31)(H2,23,25,27,28)/b11-5+. The van der Waals surface area contributed by atoms with E-state index in [0.29, 0.717) is 44.8 Å². The van der Waals surface area contributed by atoms with Crippen LogP contribution in [0.4, 0.5) is 16.3 Å². The molecule has 9 nitrogen and oxygen atoms in total. The molecule has 3 N–H and O–H groups in total. The van der Waals surface area contributed by atoms with Crippen molar-refractivity contribution in [3.63, 3.8) is 0 Å². The van der Waals surface area contributed by atoms with Gasteiger partial charge in [0.15, 0.2) is 5.65 Å². The number of carbonyl (C=O) groups is 2. The second-order valence-electron chi connectivity index (χ2n) is 7.44. The minimum absolute atomic E-state index is 0.0163. The zero-order chi connectivity index (χ0) is 21.5. The van der Waals surface area contributed by atoms with E-state index >= 15 is 0 Å². The Bertz CT molecular complexity index is 1250. The summed E-state index contributed by atoms with van der Waals surface area (Å²) in [6.45, 7) is 0.194. The maximum Gasteiger partial charge on any atom is 0.254 e. The fourth-order valence-corrected chi connectivity index (χ4v) is 3.56. The Kier molecular flexibility index (Phi) is 4.89. The Morgan fingerprint density at radius 1 is 1.29 bits per heavy atom. The van der Waals surface area contributed by atoms with Crippen LogP contribution in [-0.2, 0) is 16.1 Å². The third-order valence-electron chi connectivity index (χ3n) is 4.98.